The Kier molecular flexibility index (Phi) is 5.29. The lowest BCUT2D eigenvalue weighted by Gasteiger charge is -2.39. The summed E-state index contributed by atoms with van der Waals surface area (Å²) in [6.07, 6.45) is 3.38. The molecule has 25 heavy (non-hydrogen) atoms. The molecule has 1 aromatic rings. The molecule has 0 unspecified atom stereocenters. The van der Waals surface area contributed by atoms with E-state index in [2.05, 4.69) is 5.32 Å². The number of rotatable bonds is 2. The molecule has 138 valence electrons. The summed E-state index contributed by atoms with van der Waals surface area (Å²) in [6.45, 7) is 4.82. The first-order valence-corrected chi connectivity index (χ1v) is 8.68. The average molecular weight is 369 g/mol. The lowest BCUT2D eigenvalue weighted by Crippen LogP contribution is -2.44. The first-order chi connectivity index (χ1) is 11.7. The van der Waals surface area contributed by atoms with Crippen LogP contribution in [0.4, 0.5) is 0 Å². The van der Waals surface area contributed by atoms with Gasteiger partial charge in [0.05, 0.1) is 7.11 Å². The first-order valence-electron chi connectivity index (χ1n) is 8.68. The Labute approximate surface area is 154 Å². The van der Waals surface area contributed by atoms with Gasteiger partial charge in [0.1, 0.15) is 13.2 Å². The van der Waals surface area contributed by atoms with E-state index >= 15 is 0 Å². The van der Waals surface area contributed by atoms with Gasteiger partial charge in [0, 0.05) is 25.2 Å². The van der Waals surface area contributed by atoms with Gasteiger partial charge in [-0.15, -0.1) is 12.4 Å². The summed E-state index contributed by atoms with van der Waals surface area (Å²) in [4.78, 5) is 14.9. The van der Waals surface area contributed by atoms with E-state index in [-0.39, 0.29) is 18.3 Å². The van der Waals surface area contributed by atoms with E-state index in [9.17, 15) is 4.79 Å². The minimum absolute atomic E-state index is 0. The third-order valence-corrected chi connectivity index (χ3v) is 5.52. The number of halogens is 1. The summed E-state index contributed by atoms with van der Waals surface area (Å²) in [7, 11) is 1.58. The van der Waals surface area contributed by atoms with Gasteiger partial charge in [-0.3, -0.25) is 4.79 Å². The fourth-order valence-corrected chi connectivity index (χ4v) is 3.99. The molecule has 0 atom stereocenters. The molecule has 3 aliphatic heterocycles. The van der Waals surface area contributed by atoms with Gasteiger partial charge in [-0.25, -0.2) is 0 Å². The molecule has 2 saturated heterocycles. The molecule has 3 aliphatic rings. The van der Waals surface area contributed by atoms with Gasteiger partial charge in [0.15, 0.2) is 11.5 Å². The molecule has 0 bridgehead atoms. The smallest absolute Gasteiger partial charge is 0.254 e. The fraction of sp³-hybridized carbons (Fsp3) is 0.611. The quantitative estimate of drug-likeness (QED) is 0.866. The van der Waals surface area contributed by atoms with Crippen LogP contribution in [0.25, 0.3) is 0 Å². The number of methoxy groups -OCH3 is 1. The van der Waals surface area contributed by atoms with Gasteiger partial charge < -0.3 is 24.4 Å². The zero-order valence-electron chi connectivity index (χ0n) is 14.5. The Balaban J connectivity index is 0.00000182. The molecule has 1 N–H and O–H groups in total. The zero-order valence-corrected chi connectivity index (χ0v) is 15.3. The number of piperidine rings is 1. The average Bonchev–Trinajstić information content (AvgIpc) is 3.09. The molecule has 3 heterocycles. The van der Waals surface area contributed by atoms with Crippen LogP contribution in [-0.2, 0) is 0 Å². The van der Waals surface area contributed by atoms with Crippen LogP contribution >= 0.6 is 12.4 Å². The van der Waals surface area contributed by atoms with Gasteiger partial charge in [0.2, 0.25) is 5.75 Å². The van der Waals surface area contributed by atoms with E-state index in [4.69, 9.17) is 14.2 Å². The normalized spacial score (nSPS) is 20.9. The summed E-state index contributed by atoms with van der Waals surface area (Å²) >= 11 is 0. The maximum atomic E-state index is 12.9. The highest BCUT2D eigenvalue weighted by atomic mass is 35.5. The second-order valence-electron chi connectivity index (χ2n) is 6.92. The number of hydrogen-bond acceptors (Lipinski definition) is 5. The number of ether oxygens (including phenoxy) is 3. The highest BCUT2D eigenvalue weighted by molar-refractivity contribution is 5.95. The van der Waals surface area contributed by atoms with Crippen LogP contribution in [0.3, 0.4) is 0 Å². The van der Waals surface area contributed by atoms with E-state index in [1.807, 2.05) is 4.90 Å². The molecule has 0 radical (unpaired) electrons. The lowest BCUT2D eigenvalue weighted by atomic mass is 9.78. The Bertz CT molecular complexity index is 619. The molecule has 6 nitrogen and oxygen atoms in total. The Morgan fingerprint density at radius 2 is 1.96 bits per heavy atom. The number of amides is 1. The Hall–Kier alpha value is -1.66. The summed E-state index contributed by atoms with van der Waals surface area (Å²) in [6, 6.07) is 3.54. The number of carbonyl (C=O) groups is 1. The number of nitrogens with zero attached hydrogens (tertiary/aromatic N) is 1. The molecule has 4 rings (SSSR count). The Morgan fingerprint density at radius 1 is 1.20 bits per heavy atom. The second kappa shape index (κ2) is 7.30. The molecule has 7 heteroatoms. The van der Waals surface area contributed by atoms with Crippen molar-refractivity contribution in [2.75, 3.05) is 46.5 Å². The summed E-state index contributed by atoms with van der Waals surface area (Å²) in [5.74, 6) is 1.79. The van der Waals surface area contributed by atoms with Crippen molar-refractivity contribution in [2.45, 2.75) is 19.3 Å². The third kappa shape index (κ3) is 3.37. The first kappa shape index (κ1) is 18.1. The van der Waals surface area contributed by atoms with E-state index in [1.165, 1.54) is 6.42 Å². The molecule has 0 saturated carbocycles. The van der Waals surface area contributed by atoms with E-state index in [1.54, 1.807) is 19.2 Å². The van der Waals surface area contributed by atoms with Crippen LogP contribution in [0.1, 0.15) is 29.6 Å². The Morgan fingerprint density at radius 3 is 2.64 bits per heavy atom. The molecule has 1 aromatic carbocycles. The third-order valence-electron chi connectivity index (χ3n) is 5.52. The van der Waals surface area contributed by atoms with Crippen molar-refractivity contribution < 1.29 is 19.0 Å². The van der Waals surface area contributed by atoms with Crippen LogP contribution in [0, 0.1) is 5.41 Å². The van der Waals surface area contributed by atoms with Crippen LogP contribution in [0.5, 0.6) is 17.2 Å². The van der Waals surface area contributed by atoms with Crippen molar-refractivity contribution in [1.29, 1.82) is 0 Å². The van der Waals surface area contributed by atoms with Crippen LogP contribution in [-0.4, -0.2) is 57.3 Å². The highest BCUT2D eigenvalue weighted by Crippen LogP contribution is 2.41. The van der Waals surface area contributed by atoms with Crippen LogP contribution in [0.15, 0.2) is 12.1 Å². The molecule has 1 spiro atoms. The number of nitrogens with one attached hydrogen (secondary N) is 1. The van der Waals surface area contributed by atoms with Gasteiger partial charge in [-0.2, -0.15) is 0 Å². The van der Waals surface area contributed by atoms with Crippen molar-refractivity contribution >= 4 is 18.3 Å². The standard InChI is InChI=1S/C18H24N2O4.ClH/c1-22-14-10-13(11-15-16(14)24-9-8-23-15)17(21)20-6-3-18(4-7-20)2-5-19-12-18;/h10-11,19H,2-9,12H2,1H3;1H. The minimum atomic E-state index is 0. The summed E-state index contributed by atoms with van der Waals surface area (Å²) in [5, 5.41) is 3.46. The number of fused-ring (bicyclic) bond motifs is 1. The molecule has 0 aliphatic carbocycles. The molecule has 2 fully saturated rings. The predicted octanol–water partition coefficient (Wildman–Crippen LogP) is 2.10. The van der Waals surface area contributed by atoms with Crippen molar-refractivity contribution in [3.63, 3.8) is 0 Å². The maximum Gasteiger partial charge on any atom is 0.254 e. The highest BCUT2D eigenvalue weighted by Gasteiger charge is 2.38. The minimum Gasteiger partial charge on any atom is -0.493 e. The van der Waals surface area contributed by atoms with Crippen molar-refractivity contribution in [2.24, 2.45) is 5.41 Å². The SMILES string of the molecule is COc1cc(C(=O)N2CCC3(CCNC3)CC2)cc2c1OCCO2.Cl. The van der Waals surface area contributed by atoms with Gasteiger partial charge in [-0.1, -0.05) is 0 Å². The van der Waals surface area contributed by atoms with Crippen LogP contribution < -0.4 is 19.5 Å². The summed E-state index contributed by atoms with van der Waals surface area (Å²) < 4.78 is 16.6. The molecular formula is C18H25ClN2O4. The number of benzene rings is 1. The lowest BCUT2D eigenvalue weighted by molar-refractivity contribution is 0.0606. The monoisotopic (exact) mass is 368 g/mol. The molecule has 1 amide bonds. The van der Waals surface area contributed by atoms with E-state index in [0.29, 0.717) is 41.4 Å². The van der Waals surface area contributed by atoms with Crippen molar-refractivity contribution in [1.82, 2.24) is 10.2 Å². The number of hydrogen-bond donors (Lipinski definition) is 1. The number of likely N-dealkylation sites (tertiary alicyclic amines) is 1. The largest absolute Gasteiger partial charge is 0.493 e. The van der Waals surface area contributed by atoms with Crippen molar-refractivity contribution in [3.8, 4) is 17.2 Å². The van der Waals surface area contributed by atoms with Gasteiger partial charge >= 0.3 is 0 Å². The topological polar surface area (TPSA) is 60.0 Å². The molecule has 0 aromatic heterocycles. The van der Waals surface area contributed by atoms with E-state index < -0.39 is 0 Å². The van der Waals surface area contributed by atoms with Gasteiger partial charge in [-0.05, 0) is 43.4 Å². The predicted molar refractivity (Wildman–Crippen MR) is 96.3 cm³/mol. The second-order valence-corrected chi connectivity index (χ2v) is 6.92. The van der Waals surface area contributed by atoms with Gasteiger partial charge in [0.25, 0.3) is 5.91 Å². The molecular weight excluding hydrogens is 344 g/mol. The van der Waals surface area contributed by atoms with Crippen molar-refractivity contribution in [3.05, 3.63) is 17.7 Å². The zero-order chi connectivity index (χ0) is 16.6. The van der Waals surface area contributed by atoms with Crippen LogP contribution in [0.2, 0.25) is 0 Å². The van der Waals surface area contributed by atoms with E-state index in [0.717, 1.165) is 39.0 Å². The fourth-order valence-electron chi connectivity index (χ4n) is 3.99. The summed E-state index contributed by atoms with van der Waals surface area (Å²) in [5.41, 5.74) is 1.01. The maximum absolute atomic E-state index is 12.9. The number of carbonyl (C=O) groups excluding carboxylic acids is 1.